The van der Waals surface area contributed by atoms with Crippen LogP contribution >= 0.6 is 0 Å². The van der Waals surface area contributed by atoms with Crippen molar-refractivity contribution in [2.24, 2.45) is 5.41 Å². The lowest BCUT2D eigenvalue weighted by Gasteiger charge is -2.29. The maximum absolute atomic E-state index is 13.0. The Morgan fingerprint density at radius 2 is 1.51 bits per heavy atom. The van der Waals surface area contributed by atoms with Crippen LogP contribution in [0.1, 0.15) is 81.0 Å². The first-order chi connectivity index (χ1) is 16.1. The maximum Gasteiger partial charge on any atom is 0.337 e. The number of carbonyl (C=O) groups excluding carboxylic acids is 1. The molecular weight excluding hydrogens is 440 g/mol. The van der Waals surface area contributed by atoms with Crippen LogP contribution in [0.5, 0.6) is 0 Å². The summed E-state index contributed by atoms with van der Waals surface area (Å²) in [6.45, 7) is 19.4. The van der Waals surface area contributed by atoms with Crippen LogP contribution in [-0.2, 0) is 22.6 Å². The number of ether oxygens (including phenoxy) is 1. The highest BCUT2D eigenvalue weighted by atomic mass is 16.5. The first kappa shape index (κ1) is 26.7. The quantitative estimate of drug-likeness (QED) is 0.527. The number of fused-ring (bicyclic) bond motifs is 1. The van der Waals surface area contributed by atoms with E-state index in [0.717, 1.165) is 38.9 Å². The molecule has 2 aromatic rings. The first-order valence-corrected chi connectivity index (χ1v) is 12.2. The number of carbonyl (C=O) groups is 2. The summed E-state index contributed by atoms with van der Waals surface area (Å²) in [5, 5.41) is 13.3. The van der Waals surface area contributed by atoms with Crippen molar-refractivity contribution in [3.05, 3.63) is 57.6 Å². The number of nitrogens with one attached hydrogen (secondary N) is 1. The van der Waals surface area contributed by atoms with Gasteiger partial charge in [0, 0.05) is 25.2 Å². The molecule has 0 saturated carbocycles. The molecule has 0 fully saturated rings. The maximum atomic E-state index is 13.0. The minimum atomic E-state index is -1.13. The lowest BCUT2D eigenvalue weighted by atomic mass is 9.83. The highest BCUT2D eigenvalue weighted by molar-refractivity contribution is 5.85. The third-order valence-electron chi connectivity index (χ3n) is 6.37. The van der Waals surface area contributed by atoms with E-state index in [9.17, 15) is 14.7 Å². The molecular formula is C29H40N2O4. The zero-order valence-electron chi connectivity index (χ0n) is 22.6. The third-order valence-corrected chi connectivity index (χ3v) is 6.37. The second-order valence-electron chi connectivity index (χ2n) is 11.9. The predicted molar refractivity (Wildman–Crippen MR) is 139 cm³/mol. The van der Waals surface area contributed by atoms with E-state index >= 15 is 0 Å². The van der Waals surface area contributed by atoms with Gasteiger partial charge in [0.1, 0.15) is 0 Å². The number of carboxylic acid groups (broad SMARTS) is 1. The van der Waals surface area contributed by atoms with Crippen molar-refractivity contribution in [1.82, 2.24) is 10.2 Å². The van der Waals surface area contributed by atoms with Gasteiger partial charge >= 0.3 is 12.0 Å². The Labute approximate surface area is 209 Å². The third kappa shape index (κ3) is 6.04. The number of urea groups is 1. The molecule has 0 bridgehead atoms. The van der Waals surface area contributed by atoms with Gasteiger partial charge in [-0.15, -0.1) is 0 Å². The Kier molecular flexibility index (Phi) is 7.37. The van der Waals surface area contributed by atoms with E-state index in [-0.39, 0.29) is 11.4 Å². The van der Waals surface area contributed by atoms with Crippen LogP contribution in [0.25, 0.3) is 11.1 Å². The van der Waals surface area contributed by atoms with Gasteiger partial charge in [-0.25, -0.2) is 9.59 Å². The predicted octanol–water partition coefficient (Wildman–Crippen LogP) is 6.29. The molecule has 0 saturated heterocycles. The molecule has 2 amide bonds. The van der Waals surface area contributed by atoms with Gasteiger partial charge in [-0.2, -0.15) is 0 Å². The summed E-state index contributed by atoms with van der Waals surface area (Å²) in [7, 11) is 0. The molecule has 1 unspecified atom stereocenters. The molecule has 2 aromatic carbocycles. The number of rotatable bonds is 5. The summed E-state index contributed by atoms with van der Waals surface area (Å²) in [5.41, 5.74) is 6.96. The Balaban J connectivity index is 2.16. The Morgan fingerprint density at radius 1 is 0.971 bits per heavy atom. The van der Waals surface area contributed by atoms with Crippen molar-refractivity contribution in [3.63, 3.8) is 0 Å². The molecule has 2 N–H and O–H groups in total. The zero-order chi connectivity index (χ0) is 26.3. The summed E-state index contributed by atoms with van der Waals surface area (Å²) in [4.78, 5) is 27.3. The van der Waals surface area contributed by atoms with E-state index in [4.69, 9.17) is 4.74 Å². The van der Waals surface area contributed by atoms with Gasteiger partial charge in [0.15, 0.2) is 6.10 Å². The van der Waals surface area contributed by atoms with Gasteiger partial charge in [-0.1, -0.05) is 50.6 Å². The summed E-state index contributed by atoms with van der Waals surface area (Å²) in [6, 6.07) is 8.04. The molecule has 0 spiro atoms. The largest absolute Gasteiger partial charge is 0.479 e. The summed E-state index contributed by atoms with van der Waals surface area (Å²) in [6.07, 6.45) is -1.13. The van der Waals surface area contributed by atoms with E-state index in [1.165, 1.54) is 0 Å². The van der Waals surface area contributed by atoms with E-state index in [1.54, 1.807) is 4.90 Å². The fourth-order valence-corrected chi connectivity index (χ4v) is 4.62. The van der Waals surface area contributed by atoms with Crippen LogP contribution in [-0.4, -0.2) is 34.2 Å². The molecule has 0 aliphatic carbocycles. The second-order valence-corrected chi connectivity index (χ2v) is 11.9. The van der Waals surface area contributed by atoms with Crippen molar-refractivity contribution < 1.29 is 19.4 Å². The summed E-state index contributed by atoms with van der Waals surface area (Å²) in [5.74, 6) is -1.02. The molecule has 6 nitrogen and oxygen atoms in total. The summed E-state index contributed by atoms with van der Waals surface area (Å²) >= 11 is 0. The Hall–Kier alpha value is -2.86. The van der Waals surface area contributed by atoms with Crippen molar-refractivity contribution >= 4 is 12.0 Å². The minimum absolute atomic E-state index is 0.0150. The molecule has 1 heterocycles. The van der Waals surface area contributed by atoms with Crippen molar-refractivity contribution in [2.75, 3.05) is 6.54 Å². The second kappa shape index (κ2) is 9.65. The average molecular weight is 481 g/mol. The minimum Gasteiger partial charge on any atom is -0.479 e. The fraction of sp³-hybridized carbons (Fsp3) is 0.517. The van der Waals surface area contributed by atoms with Gasteiger partial charge in [0.2, 0.25) is 0 Å². The number of benzene rings is 2. The molecule has 1 aliphatic heterocycles. The molecule has 1 aliphatic rings. The van der Waals surface area contributed by atoms with E-state index in [1.807, 2.05) is 65.8 Å². The normalized spacial score (nSPS) is 14.6. The lowest BCUT2D eigenvalue weighted by molar-refractivity contribution is -0.160. The van der Waals surface area contributed by atoms with Gasteiger partial charge in [0.05, 0.1) is 5.60 Å². The number of aryl methyl sites for hydroxylation is 1. The highest BCUT2D eigenvalue weighted by Gasteiger charge is 2.36. The number of aliphatic carboxylic acids is 1. The van der Waals surface area contributed by atoms with E-state index in [0.29, 0.717) is 25.2 Å². The van der Waals surface area contributed by atoms with Crippen LogP contribution in [0, 0.1) is 26.2 Å². The molecule has 6 heteroatoms. The van der Waals surface area contributed by atoms with Crippen molar-refractivity contribution in [3.8, 4) is 11.1 Å². The van der Waals surface area contributed by atoms with Crippen molar-refractivity contribution in [2.45, 2.75) is 87.1 Å². The van der Waals surface area contributed by atoms with Gasteiger partial charge in [0.25, 0.3) is 0 Å². The molecule has 1 atom stereocenters. The number of amides is 2. The van der Waals surface area contributed by atoms with Crippen LogP contribution in [0.15, 0.2) is 24.3 Å². The zero-order valence-corrected chi connectivity index (χ0v) is 22.6. The van der Waals surface area contributed by atoms with Gasteiger partial charge in [-0.05, 0) is 80.3 Å². The SMILES string of the molecule is Cc1ccc(-c2c(C)c3c(c(C)c2C(OC(C)(C)C)C(=O)O)CN(C(=O)NCC(C)(C)C)C3)cc1. The molecule has 190 valence electrons. The standard InChI is InChI=1S/C29H40N2O4/c1-17-10-12-20(13-11-17)23-18(2)21-14-31(27(34)30-16-28(4,5)6)15-22(21)19(3)24(23)25(26(32)33)35-29(7,8)9/h10-13,25H,14-16H2,1-9H3,(H,30,34)(H,32,33). The number of carboxylic acids is 1. The van der Waals surface area contributed by atoms with Gasteiger partial charge < -0.3 is 20.1 Å². The van der Waals surface area contributed by atoms with Crippen LogP contribution in [0.3, 0.4) is 0 Å². The Bertz CT molecular complexity index is 1120. The first-order valence-electron chi connectivity index (χ1n) is 12.2. The average Bonchev–Trinajstić information content (AvgIpc) is 3.19. The van der Waals surface area contributed by atoms with Crippen LogP contribution in [0.2, 0.25) is 0 Å². The smallest absolute Gasteiger partial charge is 0.337 e. The highest BCUT2D eigenvalue weighted by Crippen LogP contribution is 2.43. The molecule has 35 heavy (non-hydrogen) atoms. The monoisotopic (exact) mass is 480 g/mol. The number of nitrogens with zero attached hydrogens (tertiary/aromatic N) is 1. The van der Waals surface area contributed by atoms with Crippen LogP contribution < -0.4 is 5.32 Å². The number of hydrogen-bond acceptors (Lipinski definition) is 3. The van der Waals surface area contributed by atoms with Gasteiger partial charge in [-0.3, -0.25) is 0 Å². The Morgan fingerprint density at radius 3 is 2.00 bits per heavy atom. The molecule has 3 rings (SSSR count). The number of hydrogen-bond donors (Lipinski definition) is 2. The lowest BCUT2D eigenvalue weighted by Crippen LogP contribution is -2.40. The fourth-order valence-electron chi connectivity index (χ4n) is 4.62. The van der Waals surface area contributed by atoms with E-state index in [2.05, 4.69) is 26.1 Å². The van der Waals surface area contributed by atoms with Crippen LogP contribution in [0.4, 0.5) is 4.79 Å². The topological polar surface area (TPSA) is 78.9 Å². The summed E-state index contributed by atoms with van der Waals surface area (Å²) < 4.78 is 6.12. The molecule has 0 radical (unpaired) electrons. The van der Waals surface area contributed by atoms with E-state index < -0.39 is 17.7 Å². The van der Waals surface area contributed by atoms with Crippen molar-refractivity contribution in [1.29, 1.82) is 0 Å². The molecule has 0 aromatic heterocycles.